The van der Waals surface area contributed by atoms with Gasteiger partial charge in [0, 0.05) is 27.9 Å². The number of ether oxygens (including phenoxy) is 2. The summed E-state index contributed by atoms with van der Waals surface area (Å²) >= 11 is 3.46. The predicted octanol–water partition coefficient (Wildman–Crippen LogP) is 5.63. The molecule has 0 heterocycles. The third-order valence-corrected chi connectivity index (χ3v) is 5.36. The smallest absolute Gasteiger partial charge is 0.269 e. The first-order valence-electron chi connectivity index (χ1n) is 10.7. The molecule has 10 heteroatoms. The van der Waals surface area contributed by atoms with Gasteiger partial charge in [-0.2, -0.15) is 0 Å². The Morgan fingerprint density at radius 2 is 1.86 bits per heavy atom. The lowest BCUT2D eigenvalue weighted by atomic mass is 10.2. The maximum atomic E-state index is 12.3. The molecule has 0 radical (unpaired) electrons. The molecule has 0 unspecified atom stereocenters. The van der Waals surface area contributed by atoms with Crippen LogP contribution in [0.1, 0.15) is 23.6 Å². The molecule has 0 atom stereocenters. The Bertz CT molecular complexity index is 1210. The van der Waals surface area contributed by atoms with Crippen molar-refractivity contribution in [2.45, 2.75) is 20.5 Å². The van der Waals surface area contributed by atoms with Gasteiger partial charge in [0.1, 0.15) is 6.61 Å². The van der Waals surface area contributed by atoms with E-state index in [4.69, 9.17) is 14.3 Å². The van der Waals surface area contributed by atoms with Gasteiger partial charge in [-0.15, -0.1) is 0 Å². The van der Waals surface area contributed by atoms with Gasteiger partial charge in [0.25, 0.3) is 11.6 Å². The minimum atomic E-state index is -0.463. The van der Waals surface area contributed by atoms with E-state index in [-0.39, 0.29) is 24.8 Å². The first-order chi connectivity index (χ1) is 16.9. The van der Waals surface area contributed by atoms with Crippen LogP contribution in [0.4, 0.5) is 11.4 Å². The highest BCUT2D eigenvalue weighted by atomic mass is 79.9. The number of rotatable bonds is 11. The number of aryl methyl sites for hydroxylation is 1. The van der Waals surface area contributed by atoms with Crippen LogP contribution in [0.5, 0.6) is 11.5 Å². The molecular formula is C25H24BrN3O6. The van der Waals surface area contributed by atoms with E-state index in [1.165, 1.54) is 18.3 Å². The number of nitro groups is 1. The Kier molecular flexibility index (Phi) is 9.19. The number of hydrogen-bond donors (Lipinski definition) is 1. The van der Waals surface area contributed by atoms with Gasteiger partial charge < -0.3 is 19.6 Å². The van der Waals surface area contributed by atoms with E-state index < -0.39 is 4.92 Å². The minimum absolute atomic E-state index is 0.0117. The van der Waals surface area contributed by atoms with Crippen molar-refractivity contribution in [2.24, 2.45) is 5.16 Å². The highest BCUT2D eigenvalue weighted by molar-refractivity contribution is 9.10. The molecule has 3 aromatic rings. The van der Waals surface area contributed by atoms with Crippen LogP contribution in [0.2, 0.25) is 0 Å². The first-order valence-corrected chi connectivity index (χ1v) is 11.5. The zero-order chi connectivity index (χ0) is 25.2. The molecule has 9 nitrogen and oxygen atoms in total. The van der Waals surface area contributed by atoms with Crippen LogP contribution in [-0.2, 0) is 16.2 Å². The molecule has 1 amide bonds. The summed E-state index contributed by atoms with van der Waals surface area (Å²) in [6.45, 7) is 4.09. The normalized spacial score (nSPS) is 10.7. The third-order valence-electron chi connectivity index (χ3n) is 4.68. The van der Waals surface area contributed by atoms with Gasteiger partial charge in [0.15, 0.2) is 18.1 Å². The molecule has 0 spiro atoms. The SMILES string of the molecule is CCOc1cc(/C=N\OCc2cccc([N+](=O)[O-])c2)c(Br)cc1OCC(=O)Nc1ccc(C)cc1. The van der Waals surface area contributed by atoms with E-state index in [2.05, 4.69) is 26.4 Å². The number of oxime groups is 1. The number of carbonyl (C=O) groups excluding carboxylic acids is 1. The summed E-state index contributed by atoms with van der Waals surface area (Å²) < 4.78 is 12.0. The van der Waals surface area contributed by atoms with Gasteiger partial charge in [0.2, 0.25) is 0 Å². The van der Waals surface area contributed by atoms with Crippen LogP contribution in [0, 0.1) is 17.0 Å². The van der Waals surface area contributed by atoms with Crippen LogP contribution in [0.3, 0.4) is 0 Å². The lowest BCUT2D eigenvalue weighted by molar-refractivity contribution is -0.384. The van der Waals surface area contributed by atoms with Gasteiger partial charge >= 0.3 is 0 Å². The first kappa shape index (κ1) is 25.7. The maximum Gasteiger partial charge on any atom is 0.269 e. The van der Waals surface area contributed by atoms with E-state index in [0.29, 0.717) is 39.4 Å². The number of nitrogens with zero attached hydrogens (tertiary/aromatic N) is 2. The van der Waals surface area contributed by atoms with Crippen LogP contribution >= 0.6 is 15.9 Å². The van der Waals surface area contributed by atoms with E-state index in [9.17, 15) is 14.9 Å². The second-order valence-electron chi connectivity index (χ2n) is 7.39. The number of benzene rings is 3. The van der Waals surface area contributed by atoms with Crippen molar-refractivity contribution >= 4 is 39.4 Å². The number of anilines is 1. The summed E-state index contributed by atoms with van der Waals surface area (Å²) in [5.41, 5.74) is 3.06. The number of halogens is 1. The quantitative estimate of drug-likeness (QED) is 0.191. The lowest BCUT2D eigenvalue weighted by Crippen LogP contribution is -2.20. The molecule has 0 aliphatic carbocycles. The van der Waals surface area contributed by atoms with Crippen LogP contribution in [-0.4, -0.2) is 30.3 Å². The van der Waals surface area contributed by atoms with Crippen molar-refractivity contribution in [1.29, 1.82) is 0 Å². The Hall–Kier alpha value is -3.92. The Morgan fingerprint density at radius 3 is 2.57 bits per heavy atom. The molecule has 3 aromatic carbocycles. The topological polar surface area (TPSA) is 112 Å². The Labute approximate surface area is 211 Å². The van der Waals surface area contributed by atoms with Crippen molar-refractivity contribution < 1.29 is 24.0 Å². The molecule has 0 fully saturated rings. The van der Waals surface area contributed by atoms with Gasteiger partial charge in [-0.3, -0.25) is 14.9 Å². The monoisotopic (exact) mass is 541 g/mol. The standard InChI is InChI=1S/C25H24BrN3O6/c1-3-33-23-12-19(14-27-35-15-18-5-4-6-21(11-18)29(31)32)22(26)13-24(23)34-16-25(30)28-20-9-7-17(2)8-10-20/h4-14H,3,15-16H2,1-2H3,(H,28,30)/b27-14-. The number of nitrogens with one attached hydrogen (secondary N) is 1. The van der Waals surface area contributed by atoms with Crippen LogP contribution in [0.15, 0.2) is 70.3 Å². The van der Waals surface area contributed by atoms with E-state index in [1.54, 1.807) is 24.3 Å². The number of hydrogen-bond acceptors (Lipinski definition) is 7. The van der Waals surface area contributed by atoms with Gasteiger partial charge in [0.05, 0.1) is 17.7 Å². The summed E-state index contributed by atoms with van der Waals surface area (Å²) in [5.74, 6) is 0.541. The fourth-order valence-electron chi connectivity index (χ4n) is 2.97. The third kappa shape index (κ3) is 7.82. The maximum absolute atomic E-state index is 12.3. The van der Waals surface area contributed by atoms with Crippen molar-refractivity contribution in [1.82, 2.24) is 0 Å². The summed E-state index contributed by atoms with van der Waals surface area (Å²) in [6.07, 6.45) is 1.48. The Balaban J connectivity index is 1.62. The zero-order valence-electron chi connectivity index (χ0n) is 19.2. The molecule has 1 N–H and O–H groups in total. The molecule has 182 valence electrons. The molecule has 0 saturated heterocycles. The Morgan fingerprint density at radius 1 is 1.11 bits per heavy atom. The summed E-state index contributed by atoms with van der Waals surface area (Å²) in [4.78, 5) is 28.0. The fourth-order valence-corrected chi connectivity index (χ4v) is 3.40. The lowest BCUT2D eigenvalue weighted by Gasteiger charge is -2.14. The van der Waals surface area contributed by atoms with Gasteiger partial charge in [-0.25, -0.2) is 0 Å². The van der Waals surface area contributed by atoms with Gasteiger partial charge in [-0.1, -0.05) is 35.0 Å². The average molecular weight is 542 g/mol. The minimum Gasteiger partial charge on any atom is -0.490 e. The number of nitro benzene ring substituents is 1. The zero-order valence-corrected chi connectivity index (χ0v) is 20.8. The summed E-state index contributed by atoms with van der Waals surface area (Å²) in [5, 5.41) is 17.6. The molecule has 0 saturated carbocycles. The number of non-ortho nitro benzene ring substituents is 1. The largest absolute Gasteiger partial charge is 0.490 e. The van der Waals surface area contributed by atoms with Crippen molar-refractivity contribution in [3.8, 4) is 11.5 Å². The molecule has 35 heavy (non-hydrogen) atoms. The van der Waals surface area contributed by atoms with E-state index in [1.807, 2.05) is 38.1 Å². The predicted molar refractivity (Wildman–Crippen MR) is 136 cm³/mol. The summed E-state index contributed by atoms with van der Waals surface area (Å²) in [7, 11) is 0. The highest BCUT2D eigenvalue weighted by Crippen LogP contribution is 2.33. The van der Waals surface area contributed by atoms with E-state index >= 15 is 0 Å². The fraction of sp³-hybridized carbons (Fsp3) is 0.200. The van der Waals surface area contributed by atoms with Crippen LogP contribution < -0.4 is 14.8 Å². The highest BCUT2D eigenvalue weighted by Gasteiger charge is 2.13. The van der Waals surface area contributed by atoms with Gasteiger partial charge in [-0.05, 0) is 59.6 Å². The second-order valence-corrected chi connectivity index (χ2v) is 8.25. The van der Waals surface area contributed by atoms with Crippen molar-refractivity contribution in [2.75, 3.05) is 18.5 Å². The molecule has 0 aliphatic heterocycles. The molecule has 0 aromatic heterocycles. The number of amides is 1. The molecular weight excluding hydrogens is 518 g/mol. The molecule has 0 aliphatic rings. The molecule has 3 rings (SSSR count). The van der Waals surface area contributed by atoms with E-state index in [0.717, 1.165) is 5.56 Å². The van der Waals surface area contributed by atoms with Crippen molar-refractivity contribution in [3.05, 3.63) is 91.9 Å². The second kappa shape index (κ2) is 12.5. The van der Waals surface area contributed by atoms with Crippen LogP contribution in [0.25, 0.3) is 0 Å². The average Bonchev–Trinajstić information content (AvgIpc) is 2.84. The number of carbonyl (C=O) groups is 1. The van der Waals surface area contributed by atoms with Crippen molar-refractivity contribution in [3.63, 3.8) is 0 Å². The molecule has 0 bridgehead atoms. The summed E-state index contributed by atoms with van der Waals surface area (Å²) in [6, 6.07) is 17.0.